The second kappa shape index (κ2) is 12.4. The molecular weight excluding hydrogens is 480 g/mol. The lowest BCUT2D eigenvalue weighted by Gasteiger charge is -2.30. The van der Waals surface area contributed by atoms with Crippen molar-refractivity contribution in [3.8, 4) is 11.1 Å². The number of hydrogen-bond acceptors (Lipinski definition) is 4. The maximum atomic E-state index is 13.6. The average molecular weight is 515 g/mol. The van der Waals surface area contributed by atoms with Gasteiger partial charge in [-0.05, 0) is 33.7 Å². The Hall–Kier alpha value is -4.13. The Morgan fingerprint density at radius 1 is 0.921 bits per heavy atom. The van der Waals surface area contributed by atoms with E-state index in [1.807, 2.05) is 68.4 Å². The highest BCUT2D eigenvalue weighted by atomic mass is 16.5. The van der Waals surface area contributed by atoms with Crippen LogP contribution in [-0.2, 0) is 20.9 Å². The minimum absolute atomic E-state index is 0.0440. The van der Waals surface area contributed by atoms with E-state index in [0.717, 1.165) is 27.8 Å². The molecule has 2 amide bonds. The molecule has 0 fully saturated rings. The van der Waals surface area contributed by atoms with Gasteiger partial charge in [-0.15, -0.1) is 0 Å². The third-order valence-corrected chi connectivity index (χ3v) is 7.22. The zero-order valence-electron chi connectivity index (χ0n) is 21.8. The van der Waals surface area contributed by atoms with Gasteiger partial charge in [0.05, 0.1) is 6.42 Å². The van der Waals surface area contributed by atoms with E-state index in [9.17, 15) is 19.5 Å². The molecule has 0 saturated heterocycles. The molecular formula is C31H34N2O5. The molecule has 2 N–H and O–H groups in total. The van der Waals surface area contributed by atoms with Gasteiger partial charge in [0, 0.05) is 19.0 Å². The molecule has 0 heterocycles. The van der Waals surface area contributed by atoms with Crippen molar-refractivity contribution in [2.75, 3.05) is 13.2 Å². The summed E-state index contributed by atoms with van der Waals surface area (Å²) in [7, 11) is 0. The van der Waals surface area contributed by atoms with Crippen molar-refractivity contribution in [1.82, 2.24) is 10.2 Å². The summed E-state index contributed by atoms with van der Waals surface area (Å²) < 4.78 is 5.70. The van der Waals surface area contributed by atoms with Crippen LogP contribution < -0.4 is 5.32 Å². The van der Waals surface area contributed by atoms with E-state index in [2.05, 4.69) is 29.6 Å². The Labute approximate surface area is 223 Å². The molecule has 38 heavy (non-hydrogen) atoms. The van der Waals surface area contributed by atoms with Gasteiger partial charge >= 0.3 is 12.1 Å². The number of hydrogen-bond donors (Lipinski definition) is 2. The number of carbonyl (C=O) groups excluding carboxylic acids is 2. The van der Waals surface area contributed by atoms with Crippen molar-refractivity contribution >= 4 is 18.0 Å². The second-order valence-electron chi connectivity index (χ2n) is 9.72. The Kier molecular flexibility index (Phi) is 8.79. The smallest absolute Gasteiger partial charge is 0.407 e. The van der Waals surface area contributed by atoms with E-state index in [1.54, 1.807) is 0 Å². The van der Waals surface area contributed by atoms with Gasteiger partial charge in [0.25, 0.3) is 0 Å². The van der Waals surface area contributed by atoms with Crippen LogP contribution >= 0.6 is 0 Å². The van der Waals surface area contributed by atoms with E-state index in [0.29, 0.717) is 6.42 Å². The van der Waals surface area contributed by atoms with Crippen molar-refractivity contribution in [2.24, 2.45) is 5.92 Å². The van der Waals surface area contributed by atoms with Gasteiger partial charge in [0.2, 0.25) is 5.91 Å². The highest BCUT2D eigenvalue weighted by Gasteiger charge is 2.32. The van der Waals surface area contributed by atoms with Crippen LogP contribution in [0.25, 0.3) is 11.1 Å². The molecule has 0 spiro atoms. The third-order valence-electron chi connectivity index (χ3n) is 7.22. The monoisotopic (exact) mass is 514 g/mol. The number of carboxylic acid groups (broad SMARTS) is 1. The molecule has 1 aliphatic carbocycles. The number of carboxylic acids is 1. The summed E-state index contributed by atoms with van der Waals surface area (Å²) in [6.07, 6.45) is -0.196. The van der Waals surface area contributed by atoms with Gasteiger partial charge < -0.3 is 20.1 Å². The number of carbonyl (C=O) groups is 3. The van der Waals surface area contributed by atoms with Gasteiger partial charge in [-0.2, -0.15) is 0 Å². The molecule has 7 nitrogen and oxygen atoms in total. The molecule has 1 aliphatic rings. The molecule has 0 bridgehead atoms. The van der Waals surface area contributed by atoms with Crippen molar-refractivity contribution in [3.05, 3.63) is 95.6 Å². The molecule has 0 aliphatic heterocycles. The molecule has 0 aromatic heterocycles. The van der Waals surface area contributed by atoms with Gasteiger partial charge in [-0.3, -0.25) is 9.59 Å². The van der Waals surface area contributed by atoms with Crippen molar-refractivity contribution in [2.45, 2.75) is 45.2 Å². The number of aliphatic carboxylic acids is 1. The van der Waals surface area contributed by atoms with Gasteiger partial charge in [-0.25, -0.2) is 4.79 Å². The van der Waals surface area contributed by atoms with Crippen molar-refractivity contribution in [3.63, 3.8) is 0 Å². The second-order valence-corrected chi connectivity index (χ2v) is 9.72. The maximum absolute atomic E-state index is 13.6. The lowest BCUT2D eigenvalue weighted by atomic mass is 9.97. The number of alkyl carbamates (subject to hydrolysis) is 1. The number of nitrogens with one attached hydrogen (secondary N) is 1. The van der Waals surface area contributed by atoms with Crippen molar-refractivity contribution in [1.29, 1.82) is 0 Å². The van der Waals surface area contributed by atoms with E-state index in [4.69, 9.17) is 4.74 Å². The number of amides is 2. The van der Waals surface area contributed by atoms with Crippen LogP contribution in [-0.4, -0.2) is 47.2 Å². The Morgan fingerprint density at radius 2 is 1.50 bits per heavy atom. The van der Waals surface area contributed by atoms with E-state index < -0.39 is 18.1 Å². The zero-order valence-corrected chi connectivity index (χ0v) is 21.8. The number of benzene rings is 3. The van der Waals surface area contributed by atoms with Crippen molar-refractivity contribution < 1.29 is 24.2 Å². The largest absolute Gasteiger partial charge is 0.481 e. The standard InChI is InChI=1S/C31H34N2O5/c1-3-21(2)29(30(36)33(18-17-28(34)35)19-22-11-5-4-6-12-22)32-31(37)38-20-27-25-15-9-7-13-23(25)24-14-8-10-16-26(24)27/h4-16,21,27,29H,3,17-20H2,1-2H3,(H,32,37)(H,34,35)/t21?,29-/m0/s1. The molecule has 3 aromatic carbocycles. The predicted molar refractivity (Wildman–Crippen MR) is 146 cm³/mol. The fourth-order valence-electron chi connectivity index (χ4n) is 4.95. The van der Waals surface area contributed by atoms with E-state index >= 15 is 0 Å². The number of rotatable bonds is 11. The molecule has 0 radical (unpaired) electrons. The van der Waals surface area contributed by atoms with Crippen LogP contribution in [0.3, 0.4) is 0 Å². The average Bonchev–Trinajstić information content (AvgIpc) is 3.26. The number of ether oxygens (including phenoxy) is 1. The quantitative estimate of drug-likeness (QED) is 0.355. The molecule has 4 rings (SSSR count). The van der Waals surface area contributed by atoms with Crippen LogP contribution in [0.4, 0.5) is 4.79 Å². The fourth-order valence-corrected chi connectivity index (χ4v) is 4.95. The van der Waals surface area contributed by atoms with Gasteiger partial charge in [-0.1, -0.05) is 99.1 Å². The SMILES string of the molecule is CCC(C)[C@H](NC(=O)OCC1c2ccccc2-c2ccccc21)C(=O)N(CCC(=O)O)Cc1ccccc1. The summed E-state index contributed by atoms with van der Waals surface area (Å²) in [6.45, 7) is 4.29. The summed E-state index contributed by atoms with van der Waals surface area (Å²) in [6, 6.07) is 24.8. The molecule has 198 valence electrons. The van der Waals surface area contributed by atoms with E-state index in [-0.39, 0.29) is 43.9 Å². The first-order chi connectivity index (χ1) is 18.4. The van der Waals surface area contributed by atoms with Crippen LogP contribution in [0.15, 0.2) is 78.9 Å². The van der Waals surface area contributed by atoms with Gasteiger partial charge in [0.15, 0.2) is 0 Å². The summed E-state index contributed by atoms with van der Waals surface area (Å²) in [5.74, 6) is -1.57. The summed E-state index contributed by atoms with van der Waals surface area (Å²) in [4.78, 5) is 39.4. The summed E-state index contributed by atoms with van der Waals surface area (Å²) >= 11 is 0. The predicted octanol–water partition coefficient (Wildman–Crippen LogP) is 5.44. The van der Waals surface area contributed by atoms with Crippen LogP contribution in [0.2, 0.25) is 0 Å². The zero-order chi connectivity index (χ0) is 27.1. The first kappa shape index (κ1) is 26.9. The molecule has 0 saturated carbocycles. The lowest BCUT2D eigenvalue weighted by molar-refractivity contribution is -0.139. The van der Waals surface area contributed by atoms with Crippen LogP contribution in [0.1, 0.15) is 49.3 Å². The Morgan fingerprint density at radius 3 is 2.08 bits per heavy atom. The fraction of sp³-hybridized carbons (Fsp3) is 0.323. The molecule has 1 unspecified atom stereocenters. The first-order valence-electron chi connectivity index (χ1n) is 13.0. The summed E-state index contributed by atoms with van der Waals surface area (Å²) in [5, 5.41) is 12.0. The minimum atomic E-state index is -0.986. The van der Waals surface area contributed by atoms with Crippen LogP contribution in [0, 0.1) is 5.92 Å². The highest BCUT2D eigenvalue weighted by Crippen LogP contribution is 2.44. The molecule has 7 heteroatoms. The molecule has 2 atom stereocenters. The van der Waals surface area contributed by atoms with Crippen LogP contribution in [0.5, 0.6) is 0 Å². The van der Waals surface area contributed by atoms with E-state index in [1.165, 1.54) is 4.90 Å². The number of nitrogens with zero attached hydrogens (tertiary/aromatic N) is 1. The highest BCUT2D eigenvalue weighted by molar-refractivity contribution is 5.86. The Balaban J connectivity index is 1.47. The third kappa shape index (κ3) is 6.22. The normalized spacial score (nSPS) is 13.6. The Bertz CT molecular complexity index is 1230. The minimum Gasteiger partial charge on any atom is -0.481 e. The lowest BCUT2D eigenvalue weighted by Crippen LogP contribution is -2.52. The maximum Gasteiger partial charge on any atom is 0.407 e. The molecule has 3 aromatic rings. The first-order valence-corrected chi connectivity index (χ1v) is 13.0. The van der Waals surface area contributed by atoms with Gasteiger partial charge in [0.1, 0.15) is 12.6 Å². The number of fused-ring (bicyclic) bond motifs is 3. The topological polar surface area (TPSA) is 95.9 Å². The summed E-state index contributed by atoms with van der Waals surface area (Å²) in [5.41, 5.74) is 5.38.